The summed E-state index contributed by atoms with van der Waals surface area (Å²) in [5.74, 6) is -2.29. The zero-order valence-electron chi connectivity index (χ0n) is 24.1. The average molecular weight is 574 g/mol. The molecule has 0 fully saturated rings. The van der Waals surface area contributed by atoms with Crippen LogP contribution in [-0.2, 0) is 38.4 Å². The number of primary amides is 1. The van der Waals surface area contributed by atoms with Crippen LogP contribution >= 0.6 is 0 Å². The molecule has 0 unspecified atom stereocenters. The van der Waals surface area contributed by atoms with Crippen molar-refractivity contribution in [3.63, 3.8) is 0 Å². The Morgan fingerprint density at radius 2 is 1.19 bits per heavy atom. The van der Waals surface area contributed by atoms with E-state index >= 15 is 0 Å². The van der Waals surface area contributed by atoms with E-state index in [1.165, 1.54) is 6.92 Å². The van der Waals surface area contributed by atoms with Crippen LogP contribution in [0.3, 0.4) is 0 Å². The third-order valence-corrected chi connectivity index (χ3v) is 7.05. The molecule has 3 aromatic carbocycles. The van der Waals surface area contributed by atoms with Gasteiger partial charge in [0.05, 0.1) is 6.04 Å². The molecule has 0 heterocycles. The molecule has 0 radical (unpaired) electrons. The highest BCUT2D eigenvalue weighted by Gasteiger charge is 2.29. The number of nitrogens with one attached hydrogen (secondary N) is 3. The molecule has 4 amide bonds. The number of phenolic OH excluding ortho intramolecular Hbond substituents is 1. The number of carbonyl (C=O) groups is 4. The van der Waals surface area contributed by atoms with Gasteiger partial charge in [0.25, 0.3) is 0 Å². The maximum Gasteiger partial charge on any atom is 0.243 e. The lowest BCUT2D eigenvalue weighted by atomic mass is 9.96. The lowest BCUT2D eigenvalue weighted by Crippen LogP contribution is -2.57. The van der Waals surface area contributed by atoms with Crippen molar-refractivity contribution in [2.24, 2.45) is 11.5 Å². The Kier molecular flexibility index (Phi) is 11.2. The summed E-state index contributed by atoms with van der Waals surface area (Å²) in [5.41, 5.74) is 15.8. The van der Waals surface area contributed by atoms with Gasteiger partial charge < -0.3 is 32.5 Å². The van der Waals surface area contributed by atoms with Crippen LogP contribution in [0.1, 0.15) is 34.7 Å². The molecule has 8 N–H and O–H groups in total. The number of nitrogens with two attached hydrogens (primary N) is 2. The first-order valence-electron chi connectivity index (χ1n) is 13.8. The second kappa shape index (κ2) is 14.8. The highest BCUT2D eigenvalue weighted by molar-refractivity contribution is 5.94. The number of phenols is 1. The van der Waals surface area contributed by atoms with Crippen molar-refractivity contribution in [2.75, 3.05) is 0 Å². The smallest absolute Gasteiger partial charge is 0.243 e. The van der Waals surface area contributed by atoms with Crippen LogP contribution < -0.4 is 27.4 Å². The van der Waals surface area contributed by atoms with Gasteiger partial charge >= 0.3 is 0 Å². The minimum atomic E-state index is -1.05. The van der Waals surface area contributed by atoms with Crippen LogP contribution in [0.4, 0.5) is 0 Å². The molecule has 10 heteroatoms. The van der Waals surface area contributed by atoms with Gasteiger partial charge in [-0.15, -0.1) is 0 Å². The van der Waals surface area contributed by atoms with E-state index in [9.17, 15) is 24.3 Å². The van der Waals surface area contributed by atoms with Gasteiger partial charge in [0.15, 0.2) is 0 Å². The van der Waals surface area contributed by atoms with E-state index in [1.807, 2.05) is 74.5 Å². The third kappa shape index (κ3) is 9.17. The standard InChI is InChI=1S/C32H39N5O5/c1-19-14-24(38)15-20(2)25(19)18-26(33)31(41)35-21(3)30(40)37-28(17-23-12-8-5-9-13-23)32(42)36-27(29(34)39)16-22-10-6-4-7-11-22/h4-15,21,26-28,38H,16-18,33H2,1-3H3,(H2,34,39)(H,35,41)(H,36,42)(H,37,40)/t21-,26+,27+,28+/m1/s1. The highest BCUT2D eigenvalue weighted by atomic mass is 16.3. The third-order valence-electron chi connectivity index (χ3n) is 7.05. The van der Waals surface area contributed by atoms with Crippen molar-refractivity contribution >= 4 is 23.6 Å². The number of hydrogen-bond acceptors (Lipinski definition) is 6. The molecule has 4 atom stereocenters. The van der Waals surface area contributed by atoms with E-state index in [0.717, 1.165) is 27.8 Å². The first kappa shape index (κ1) is 31.8. The maximum absolute atomic E-state index is 13.4. The Balaban J connectivity index is 1.68. The Bertz CT molecular complexity index is 1370. The van der Waals surface area contributed by atoms with E-state index in [-0.39, 0.29) is 25.0 Å². The normalized spacial score (nSPS) is 13.7. The summed E-state index contributed by atoms with van der Waals surface area (Å²) < 4.78 is 0. The second-order valence-corrected chi connectivity index (χ2v) is 10.5. The summed E-state index contributed by atoms with van der Waals surface area (Å²) in [6.45, 7) is 5.14. The van der Waals surface area contributed by atoms with Gasteiger partial charge in [-0.2, -0.15) is 0 Å². The van der Waals surface area contributed by atoms with Gasteiger partial charge in [0.2, 0.25) is 23.6 Å². The summed E-state index contributed by atoms with van der Waals surface area (Å²) in [7, 11) is 0. The van der Waals surface area contributed by atoms with Crippen molar-refractivity contribution in [2.45, 2.75) is 64.2 Å². The fraction of sp³-hybridized carbons (Fsp3) is 0.312. The number of carbonyl (C=O) groups excluding carboxylic acids is 4. The highest BCUT2D eigenvalue weighted by Crippen LogP contribution is 2.21. The van der Waals surface area contributed by atoms with Gasteiger partial charge in [0, 0.05) is 12.8 Å². The molecule has 0 saturated heterocycles. The van der Waals surface area contributed by atoms with E-state index < -0.39 is 47.8 Å². The molecule has 0 aliphatic rings. The fourth-order valence-corrected chi connectivity index (χ4v) is 4.69. The quantitative estimate of drug-likeness (QED) is 0.180. The molecule has 0 aliphatic heterocycles. The van der Waals surface area contributed by atoms with Crippen molar-refractivity contribution in [3.05, 3.63) is 101 Å². The number of rotatable bonds is 13. The van der Waals surface area contributed by atoms with Crippen molar-refractivity contribution < 1.29 is 24.3 Å². The largest absolute Gasteiger partial charge is 0.508 e. The molecule has 3 rings (SSSR count). The van der Waals surface area contributed by atoms with E-state index in [4.69, 9.17) is 11.5 Å². The lowest BCUT2D eigenvalue weighted by molar-refractivity contribution is -0.133. The van der Waals surface area contributed by atoms with E-state index in [2.05, 4.69) is 16.0 Å². The molecule has 0 saturated carbocycles. The van der Waals surface area contributed by atoms with Gasteiger partial charge in [-0.1, -0.05) is 60.7 Å². The van der Waals surface area contributed by atoms with Crippen molar-refractivity contribution in [3.8, 4) is 5.75 Å². The van der Waals surface area contributed by atoms with E-state index in [0.29, 0.717) is 0 Å². The van der Waals surface area contributed by atoms with Gasteiger partial charge in [0.1, 0.15) is 23.9 Å². The average Bonchev–Trinajstić information content (AvgIpc) is 2.94. The number of amides is 4. The molecular weight excluding hydrogens is 534 g/mol. The topological polar surface area (TPSA) is 177 Å². The predicted octanol–water partition coefficient (Wildman–Crippen LogP) is 1.32. The monoisotopic (exact) mass is 573 g/mol. The van der Waals surface area contributed by atoms with Gasteiger partial charge in [-0.05, 0) is 67.1 Å². The van der Waals surface area contributed by atoms with Crippen LogP contribution in [0.5, 0.6) is 5.75 Å². The van der Waals surface area contributed by atoms with Crippen molar-refractivity contribution in [1.29, 1.82) is 0 Å². The van der Waals surface area contributed by atoms with Crippen LogP contribution in [0.2, 0.25) is 0 Å². The molecule has 0 spiro atoms. The first-order valence-corrected chi connectivity index (χ1v) is 13.8. The summed E-state index contributed by atoms with van der Waals surface area (Å²) in [5, 5.41) is 17.8. The zero-order valence-corrected chi connectivity index (χ0v) is 24.1. The molecular formula is C32H39N5O5. The summed E-state index contributed by atoms with van der Waals surface area (Å²) in [4.78, 5) is 51.6. The molecule has 3 aromatic rings. The zero-order chi connectivity index (χ0) is 30.8. The summed E-state index contributed by atoms with van der Waals surface area (Å²) in [6.07, 6.45) is 0.556. The molecule has 0 aromatic heterocycles. The van der Waals surface area contributed by atoms with Gasteiger partial charge in [-0.3, -0.25) is 19.2 Å². The summed E-state index contributed by atoms with van der Waals surface area (Å²) >= 11 is 0. The van der Waals surface area contributed by atoms with Gasteiger partial charge in [-0.25, -0.2) is 0 Å². The predicted molar refractivity (Wildman–Crippen MR) is 160 cm³/mol. The molecule has 10 nitrogen and oxygen atoms in total. The fourth-order valence-electron chi connectivity index (χ4n) is 4.69. The number of benzene rings is 3. The number of hydrogen-bond donors (Lipinski definition) is 6. The number of aryl methyl sites for hydroxylation is 2. The molecule has 0 aliphatic carbocycles. The van der Waals surface area contributed by atoms with Crippen LogP contribution in [0, 0.1) is 13.8 Å². The minimum absolute atomic E-state index is 0.133. The number of aromatic hydroxyl groups is 1. The SMILES string of the molecule is Cc1cc(O)cc(C)c1C[C@H](N)C(=O)N[C@H](C)C(=O)N[C@@H](Cc1ccccc1)C(=O)N[C@@H](Cc1ccccc1)C(N)=O. The Hall–Kier alpha value is -4.70. The first-order chi connectivity index (χ1) is 19.9. The molecule has 42 heavy (non-hydrogen) atoms. The maximum atomic E-state index is 13.4. The Morgan fingerprint density at radius 1 is 0.714 bits per heavy atom. The van der Waals surface area contributed by atoms with Crippen LogP contribution in [0.25, 0.3) is 0 Å². The molecule has 222 valence electrons. The molecule has 0 bridgehead atoms. The van der Waals surface area contributed by atoms with E-state index in [1.54, 1.807) is 12.1 Å². The second-order valence-electron chi connectivity index (χ2n) is 10.5. The van der Waals surface area contributed by atoms with Crippen molar-refractivity contribution in [1.82, 2.24) is 16.0 Å². The van der Waals surface area contributed by atoms with Crippen LogP contribution in [-0.4, -0.2) is 52.9 Å². The van der Waals surface area contributed by atoms with Crippen LogP contribution in [0.15, 0.2) is 72.8 Å². The lowest BCUT2D eigenvalue weighted by Gasteiger charge is -2.24. The minimum Gasteiger partial charge on any atom is -0.508 e. The Morgan fingerprint density at radius 3 is 1.69 bits per heavy atom. The summed E-state index contributed by atoms with van der Waals surface area (Å²) in [6, 6.07) is 17.5. The Labute approximate surface area is 245 Å².